The first-order chi connectivity index (χ1) is 8.14. The Kier molecular flexibility index (Phi) is 2.47. The molecular weight excluding hydrogens is 240 g/mol. The van der Waals surface area contributed by atoms with Crippen LogP contribution >= 0.6 is 0 Å². The van der Waals surface area contributed by atoms with Crippen LogP contribution in [0, 0.1) is 23.2 Å². The molecule has 0 unspecified atom stereocenters. The first-order valence-corrected chi connectivity index (χ1v) is 5.84. The Morgan fingerprint density at radius 3 is 1.94 bits per heavy atom. The summed E-state index contributed by atoms with van der Waals surface area (Å²) in [5, 5.41) is 9.14. The summed E-state index contributed by atoms with van der Waals surface area (Å²) in [6, 6.07) is 0. The molecule has 0 aromatic heterocycles. The Morgan fingerprint density at radius 2 is 1.67 bits per heavy atom. The van der Waals surface area contributed by atoms with Crippen molar-refractivity contribution in [3.05, 3.63) is 0 Å². The highest BCUT2D eigenvalue weighted by molar-refractivity contribution is 6.10. The quantitative estimate of drug-likeness (QED) is 0.580. The Bertz CT molecular complexity index is 416. The largest absolute Gasteiger partial charge is 0.481 e. The summed E-state index contributed by atoms with van der Waals surface area (Å²) in [6.07, 6.45) is 0. The van der Waals surface area contributed by atoms with E-state index in [1.54, 1.807) is 13.8 Å². The lowest BCUT2D eigenvalue weighted by molar-refractivity contribution is -0.245. The molecule has 1 N–H and O–H groups in total. The number of carboxylic acids is 1. The Hall–Kier alpha value is -1.59. The third-order valence-corrected chi connectivity index (χ3v) is 3.60. The molecule has 1 heterocycles. The van der Waals surface area contributed by atoms with E-state index in [0.29, 0.717) is 0 Å². The molecule has 0 aromatic carbocycles. The van der Waals surface area contributed by atoms with Gasteiger partial charge in [-0.05, 0) is 5.92 Å². The number of ether oxygens (including phenoxy) is 2. The lowest BCUT2D eigenvalue weighted by Crippen LogP contribution is -2.49. The van der Waals surface area contributed by atoms with Gasteiger partial charge in [0.15, 0.2) is 5.41 Å². The maximum absolute atomic E-state index is 12.0. The lowest BCUT2D eigenvalue weighted by atomic mass is 9.96. The molecule has 1 aliphatic heterocycles. The number of carboxylic acid groups (broad SMARTS) is 1. The van der Waals surface area contributed by atoms with E-state index in [9.17, 15) is 14.4 Å². The fourth-order valence-electron chi connectivity index (χ4n) is 2.92. The van der Waals surface area contributed by atoms with Gasteiger partial charge in [-0.15, -0.1) is 0 Å². The van der Waals surface area contributed by atoms with Gasteiger partial charge in [-0.3, -0.25) is 14.4 Å². The number of hydrogen-bond acceptors (Lipinski definition) is 5. The van der Waals surface area contributed by atoms with Crippen LogP contribution in [-0.4, -0.2) is 28.8 Å². The van der Waals surface area contributed by atoms with Gasteiger partial charge in [-0.2, -0.15) is 0 Å². The molecule has 2 aliphatic rings. The van der Waals surface area contributed by atoms with Gasteiger partial charge in [0.2, 0.25) is 0 Å². The number of hydrogen-bond donors (Lipinski definition) is 1. The lowest BCUT2D eigenvalue weighted by Gasteiger charge is -2.34. The van der Waals surface area contributed by atoms with Crippen molar-refractivity contribution in [1.82, 2.24) is 0 Å². The van der Waals surface area contributed by atoms with Gasteiger partial charge in [0, 0.05) is 19.8 Å². The highest BCUT2D eigenvalue weighted by Crippen LogP contribution is 2.65. The van der Waals surface area contributed by atoms with E-state index >= 15 is 0 Å². The smallest absolute Gasteiger partial charge is 0.328 e. The normalized spacial score (nSPS) is 32.1. The molecule has 18 heavy (non-hydrogen) atoms. The van der Waals surface area contributed by atoms with E-state index < -0.39 is 40.9 Å². The summed E-state index contributed by atoms with van der Waals surface area (Å²) in [7, 11) is 0. The van der Waals surface area contributed by atoms with Crippen molar-refractivity contribution >= 4 is 17.9 Å². The van der Waals surface area contributed by atoms with Crippen molar-refractivity contribution in [3.8, 4) is 0 Å². The predicted molar refractivity (Wildman–Crippen MR) is 58.1 cm³/mol. The second-order valence-corrected chi connectivity index (χ2v) is 5.63. The van der Waals surface area contributed by atoms with Crippen LogP contribution in [0.4, 0.5) is 0 Å². The van der Waals surface area contributed by atoms with E-state index in [-0.39, 0.29) is 5.92 Å². The molecule has 1 spiro atoms. The topological polar surface area (TPSA) is 89.9 Å². The molecular formula is C12H16O6. The maximum Gasteiger partial charge on any atom is 0.328 e. The Morgan fingerprint density at radius 1 is 1.22 bits per heavy atom. The van der Waals surface area contributed by atoms with Crippen molar-refractivity contribution in [1.29, 1.82) is 0 Å². The summed E-state index contributed by atoms with van der Waals surface area (Å²) in [4.78, 5) is 35.3. The van der Waals surface area contributed by atoms with Crippen molar-refractivity contribution in [2.24, 2.45) is 23.2 Å². The monoisotopic (exact) mass is 256 g/mol. The average Bonchev–Trinajstić information content (AvgIpc) is 2.84. The minimum Gasteiger partial charge on any atom is -0.481 e. The molecule has 1 saturated carbocycles. The van der Waals surface area contributed by atoms with Crippen LogP contribution in [0.2, 0.25) is 0 Å². The van der Waals surface area contributed by atoms with Gasteiger partial charge < -0.3 is 14.6 Å². The van der Waals surface area contributed by atoms with Crippen molar-refractivity contribution < 1.29 is 29.0 Å². The Labute approximate surface area is 104 Å². The van der Waals surface area contributed by atoms with E-state index in [1.165, 1.54) is 13.8 Å². The maximum atomic E-state index is 12.0. The molecule has 0 bridgehead atoms. The van der Waals surface area contributed by atoms with Crippen LogP contribution in [0.3, 0.4) is 0 Å². The fraction of sp³-hybridized carbons (Fsp3) is 0.750. The number of carbonyl (C=O) groups is 3. The minimum absolute atomic E-state index is 0.118. The van der Waals surface area contributed by atoms with E-state index in [2.05, 4.69) is 0 Å². The number of cyclic esters (lactones) is 2. The summed E-state index contributed by atoms with van der Waals surface area (Å²) in [5.41, 5.74) is -1.64. The van der Waals surface area contributed by atoms with Crippen LogP contribution in [0.1, 0.15) is 27.7 Å². The SMILES string of the molecule is CC(C)[C@@H]1[C@@H](C(=O)O)C12C(=O)OC(C)(C)OC2=O. The number of esters is 2. The predicted octanol–water partition coefficient (Wildman–Crippen LogP) is 0.795. The van der Waals surface area contributed by atoms with Gasteiger partial charge in [0.1, 0.15) is 0 Å². The second kappa shape index (κ2) is 3.46. The highest BCUT2D eigenvalue weighted by atomic mass is 16.7. The number of aliphatic carboxylic acids is 1. The Balaban J connectivity index is 2.40. The molecule has 6 nitrogen and oxygen atoms in total. The number of carbonyl (C=O) groups excluding carboxylic acids is 2. The van der Waals surface area contributed by atoms with E-state index in [0.717, 1.165) is 0 Å². The minimum atomic E-state index is -1.64. The van der Waals surface area contributed by atoms with Gasteiger partial charge in [-0.25, -0.2) is 0 Å². The third kappa shape index (κ3) is 1.44. The fourth-order valence-corrected chi connectivity index (χ4v) is 2.92. The van der Waals surface area contributed by atoms with E-state index in [1.807, 2.05) is 0 Å². The number of rotatable bonds is 2. The summed E-state index contributed by atoms with van der Waals surface area (Å²) < 4.78 is 10.1. The molecule has 0 aromatic rings. The van der Waals surface area contributed by atoms with Crippen LogP contribution in [0.5, 0.6) is 0 Å². The third-order valence-electron chi connectivity index (χ3n) is 3.60. The summed E-state index contributed by atoms with van der Waals surface area (Å²) in [6.45, 7) is 6.43. The molecule has 100 valence electrons. The first-order valence-electron chi connectivity index (χ1n) is 5.84. The first kappa shape index (κ1) is 12.9. The zero-order chi connectivity index (χ0) is 13.9. The van der Waals surface area contributed by atoms with Crippen LogP contribution in [-0.2, 0) is 23.9 Å². The van der Waals surface area contributed by atoms with Crippen molar-refractivity contribution in [2.45, 2.75) is 33.5 Å². The van der Waals surface area contributed by atoms with Gasteiger partial charge in [0.05, 0.1) is 5.92 Å². The summed E-state index contributed by atoms with van der Waals surface area (Å²) in [5.74, 6) is -5.79. The molecule has 0 radical (unpaired) electrons. The zero-order valence-electron chi connectivity index (χ0n) is 10.7. The van der Waals surface area contributed by atoms with Gasteiger partial charge in [0.25, 0.3) is 5.79 Å². The summed E-state index contributed by atoms with van der Waals surface area (Å²) >= 11 is 0. The molecule has 1 saturated heterocycles. The van der Waals surface area contributed by atoms with Crippen LogP contribution in [0.25, 0.3) is 0 Å². The second-order valence-electron chi connectivity index (χ2n) is 5.63. The van der Waals surface area contributed by atoms with Crippen LogP contribution in [0.15, 0.2) is 0 Å². The highest BCUT2D eigenvalue weighted by Gasteiger charge is 2.82. The molecule has 1 aliphatic carbocycles. The standard InChI is InChI=1S/C12H16O6/c1-5(2)6-7(8(13)14)12(6)9(15)17-11(3,4)18-10(12)16/h5-7H,1-4H3,(H,13,14)/t6-,7+/m1/s1. The van der Waals surface area contributed by atoms with Gasteiger partial charge in [-0.1, -0.05) is 13.8 Å². The van der Waals surface area contributed by atoms with Crippen LogP contribution < -0.4 is 0 Å². The van der Waals surface area contributed by atoms with Gasteiger partial charge >= 0.3 is 17.9 Å². The molecule has 0 amide bonds. The van der Waals surface area contributed by atoms with E-state index in [4.69, 9.17) is 14.6 Å². The molecule has 2 fully saturated rings. The zero-order valence-corrected chi connectivity index (χ0v) is 10.7. The molecule has 2 rings (SSSR count). The van der Waals surface area contributed by atoms with Crippen molar-refractivity contribution in [3.63, 3.8) is 0 Å². The average molecular weight is 256 g/mol. The molecule has 2 atom stereocenters. The van der Waals surface area contributed by atoms with Crippen molar-refractivity contribution in [2.75, 3.05) is 0 Å². The molecule has 6 heteroatoms.